The highest BCUT2D eigenvalue weighted by molar-refractivity contribution is 7.92. The molecule has 1 aliphatic heterocycles. The third kappa shape index (κ3) is 3.93. The highest BCUT2D eigenvalue weighted by Crippen LogP contribution is 2.33. The van der Waals surface area contributed by atoms with Crippen LogP contribution in [0.2, 0.25) is 10.0 Å². The molecule has 0 bridgehead atoms. The van der Waals surface area contributed by atoms with Gasteiger partial charge in [0.15, 0.2) is 9.84 Å². The number of aliphatic hydroxyl groups is 1. The first-order chi connectivity index (χ1) is 11.4. The topological polar surface area (TPSA) is 129 Å². The van der Waals surface area contributed by atoms with Gasteiger partial charge in [-0.2, -0.15) is 4.31 Å². The van der Waals surface area contributed by atoms with Crippen LogP contribution in [0.4, 0.5) is 0 Å². The van der Waals surface area contributed by atoms with E-state index in [0.717, 1.165) is 16.4 Å². The number of carboxylic acids is 1. The SMILES string of the molecule is CCN(C1CS(=O)(=O)CC1O)S(=O)(=O)c1cc(C(=O)O)c(Cl)cc1Cl. The molecule has 1 aliphatic rings. The van der Waals surface area contributed by atoms with Crippen molar-refractivity contribution in [1.29, 1.82) is 0 Å². The zero-order valence-corrected chi connectivity index (χ0v) is 16.0. The van der Waals surface area contributed by atoms with Crippen LogP contribution in [0.25, 0.3) is 0 Å². The van der Waals surface area contributed by atoms with E-state index in [2.05, 4.69) is 0 Å². The van der Waals surface area contributed by atoms with Crippen LogP contribution in [0.15, 0.2) is 17.0 Å². The van der Waals surface area contributed by atoms with Crippen molar-refractivity contribution < 1.29 is 31.8 Å². The number of likely N-dealkylation sites (N-methyl/N-ethyl adjacent to an activating group) is 1. The monoisotopic (exact) mass is 431 g/mol. The Hall–Kier alpha value is -0.910. The van der Waals surface area contributed by atoms with Gasteiger partial charge in [-0.25, -0.2) is 21.6 Å². The number of sulfone groups is 1. The van der Waals surface area contributed by atoms with E-state index in [1.807, 2.05) is 0 Å². The summed E-state index contributed by atoms with van der Waals surface area (Å²) in [6, 6.07) is 0.635. The van der Waals surface area contributed by atoms with Gasteiger partial charge in [0.05, 0.1) is 39.3 Å². The highest BCUT2D eigenvalue weighted by Gasteiger charge is 2.44. The number of hydrogen-bond donors (Lipinski definition) is 2. The molecule has 2 rings (SSSR count). The molecule has 0 aliphatic carbocycles. The molecule has 1 aromatic carbocycles. The summed E-state index contributed by atoms with van der Waals surface area (Å²) in [4.78, 5) is 10.7. The summed E-state index contributed by atoms with van der Waals surface area (Å²) in [5, 5.41) is 18.5. The van der Waals surface area contributed by atoms with Crippen LogP contribution >= 0.6 is 23.2 Å². The van der Waals surface area contributed by atoms with Crippen LogP contribution in [-0.2, 0) is 19.9 Å². The van der Waals surface area contributed by atoms with Crippen molar-refractivity contribution in [2.75, 3.05) is 18.1 Å². The van der Waals surface area contributed by atoms with Crippen molar-refractivity contribution in [3.8, 4) is 0 Å². The molecule has 25 heavy (non-hydrogen) atoms. The van der Waals surface area contributed by atoms with Crippen molar-refractivity contribution in [3.05, 3.63) is 27.7 Å². The molecule has 0 spiro atoms. The number of halogens is 2. The Kier molecular flexibility index (Phi) is 5.72. The van der Waals surface area contributed by atoms with Gasteiger partial charge in [-0.05, 0) is 12.1 Å². The number of carbonyl (C=O) groups is 1. The number of nitrogens with zero attached hydrogens (tertiary/aromatic N) is 1. The lowest BCUT2D eigenvalue weighted by atomic mass is 10.2. The van der Waals surface area contributed by atoms with E-state index in [-0.39, 0.29) is 16.6 Å². The van der Waals surface area contributed by atoms with Gasteiger partial charge in [0.25, 0.3) is 0 Å². The minimum absolute atomic E-state index is 0.138. The molecule has 12 heteroatoms. The molecular formula is C13H15Cl2NO7S2. The number of sulfonamides is 1. The van der Waals surface area contributed by atoms with Crippen molar-refractivity contribution in [3.63, 3.8) is 0 Å². The molecule has 2 atom stereocenters. The third-order valence-corrected chi connectivity index (χ3v) is 8.29. The molecule has 8 nitrogen and oxygen atoms in total. The maximum atomic E-state index is 12.9. The molecular weight excluding hydrogens is 417 g/mol. The van der Waals surface area contributed by atoms with Gasteiger partial charge in [0.2, 0.25) is 10.0 Å². The van der Waals surface area contributed by atoms with E-state index in [9.17, 15) is 26.7 Å². The second-order valence-electron chi connectivity index (χ2n) is 5.49. The van der Waals surface area contributed by atoms with Crippen molar-refractivity contribution in [1.82, 2.24) is 4.31 Å². The lowest BCUT2D eigenvalue weighted by Gasteiger charge is -2.28. The number of aliphatic hydroxyl groups excluding tert-OH is 1. The smallest absolute Gasteiger partial charge is 0.337 e. The molecule has 2 unspecified atom stereocenters. The van der Waals surface area contributed by atoms with E-state index in [1.165, 1.54) is 6.92 Å². The second-order valence-corrected chi connectivity index (χ2v) is 10.3. The lowest BCUT2D eigenvalue weighted by Crippen LogP contribution is -2.46. The summed E-state index contributed by atoms with van der Waals surface area (Å²) in [6.45, 7) is 1.33. The number of hydrogen-bond acceptors (Lipinski definition) is 6. The summed E-state index contributed by atoms with van der Waals surface area (Å²) in [5.74, 6) is -2.51. The van der Waals surface area contributed by atoms with Crippen LogP contribution in [0.5, 0.6) is 0 Å². The molecule has 1 saturated heterocycles. The van der Waals surface area contributed by atoms with Crippen LogP contribution in [0.3, 0.4) is 0 Å². The average molecular weight is 432 g/mol. The summed E-state index contributed by atoms with van der Waals surface area (Å²) in [7, 11) is -7.95. The molecule has 1 fully saturated rings. The summed E-state index contributed by atoms with van der Waals surface area (Å²) >= 11 is 11.7. The normalized spacial score (nSPS) is 23.1. The summed E-state index contributed by atoms with van der Waals surface area (Å²) in [5.41, 5.74) is -0.458. The first-order valence-corrected chi connectivity index (χ1v) is 11.0. The third-order valence-electron chi connectivity index (χ3n) is 3.81. The molecule has 1 heterocycles. The van der Waals surface area contributed by atoms with E-state index < -0.39 is 59.9 Å². The molecule has 2 N–H and O–H groups in total. The Labute approximate surface area is 154 Å². The van der Waals surface area contributed by atoms with Gasteiger partial charge in [-0.3, -0.25) is 0 Å². The fourth-order valence-electron chi connectivity index (χ4n) is 2.69. The quantitative estimate of drug-likeness (QED) is 0.706. The minimum atomic E-state index is -4.37. The molecule has 0 radical (unpaired) electrons. The Morgan fingerprint density at radius 1 is 1.28 bits per heavy atom. The standard InChI is InChI=1S/C13H15Cl2NO7S2/c1-2-16(10-5-24(20,21)6-11(10)17)25(22,23)12-3-7(13(18)19)8(14)4-9(12)15/h3-4,10-11,17H,2,5-6H2,1H3,(H,18,19). The zero-order valence-electron chi connectivity index (χ0n) is 12.9. The van der Waals surface area contributed by atoms with Crippen molar-refractivity contribution >= 4 is 49.0 Å². The van der Waals surface area contributed by atoms with Gasteiger partial charge in [0.1, 0.15) is 4.90 Å². The second kappa shape index (κ2) is 7.01. The van der Waals surface area contributed by atoms with Crippen molar-refractivity contribution in [2.45, 2.75) is 24.0 Å². The van der Waals surface area contributed by atoms with Crippen LogP contribution in [0.1, 0.15) is 17.3 Å². The molecule has 140 valence electrons. The van der Waals surface area contributed by atoms with Crippen LogP contribution in [-0.4, -0.2) is 67.5 Å². The number of aromatic carboxylic acids is 1. The average Bonchev–Trinajstić information content (AvgIpc) is 2.71. The van der Waals surface area contributed by atoms with E-state index in [0.29, 0.717) is 0 Å². The van der Waals surface area contributed by atoms with Crippen molar-refractivity contribution in [2.24, 2.45) is 0 Å². The number of carboxylic acid groups (broad SMARTS) is 1. The molecule has 0 saturated carbocycles. The van der Waals surface area contributed by atoms with Gasteiger partial charge in [-0.1, -0.05) is 30.1 Å². The van der Waals surface area contributed by atoms with Crippen LogP contribution in [0, 0.1) is 0 Å². The first-order valence-electron chi connectivity index (χ1n) is 7.03. The Bertz CT molecular complexity index is 915. The highest BCUT2D eigenvalue weighted by atomic mass is 35.5. The predicted octanol–water partition coefficient (Wildman–Crippen LogP) is 0.860. The summed E-state index contributed by atoms with van der Waals surface area (Å²) < 4.78 is 50.0. The van der Waals surface area contributed by atoms with Gasteiger partial charge in [-0.15, -0.1) is 0 Å². The fourth-order valence-corrected chi connectivity index (χ4v) is 7.07. The van der Waals surface area contributed by atoms with E-state index >= 15 is 0 Å². The minimum Gasteiger partial charge on any atom is -0.478 e. The predicted molar refractivity (Wildman–Crippen MR) is 91.4 cm³/mol. The zero-order chi connectivity index (χ0) is 19.2. The van der Waals surface area contributed by atoms with Gasteiger partial charge < -0.3 is 10.2 Å². The lowest BCUT2D eigenvalue weighted by molar-refractivity contribution is 0.0696. The Balaban J connectivity index is 2.57. The van der Waals surface area contributed by atoms with E-state index in [1.54, 1.807) is 0 Å². The Morgan fingerprint density at radius 3 is 2.32 bits per heavy atom. The molecule has 0 aromatic heterocycles. The van der Waals surface area contributed by atoms with Gasteiger partial charge in [0, 0.05) is 6.54 Å². The number of rotatable bonds is 5. The Morgan fingerprint density at radius 2 is 1.88 bits per heavy atom. The van der Waals surface area contributed by atoms with Crippen LogP contribution < -0.4 is 0 Å². The maximum Gasteiger partial charge on any atom is 0.337 e. The largest absolute Gasteiger partial charge is 0.478 e. The van der Waals surface area contributed by atoms with Gasteiger partial charge >= 0.3 is 5.97 Å². The summed E-state index contributed by atoms with van der Waals surface area (Å²) in [6.07, 6.45) is -1.38. The fraction of sp³-hybridized carbons (Fsp3) is 0.462. The molecule has 1 aromatic rings. The van der Waals surface area contributed by atoms with E-state index in [4.69, 9.17) is 28.3 Å². The number of benzene rings is 1. The maximum absolute atomic E-state index is 12.9. The first kappa shape index (κ1) is 20.4. The molecule has 0 amide bonds.